The SMILES string of the molecule is COc1ccc(CN(C(=O)[C]2[CH][CH][CH]CC2)[C@H](C=O)Cc2ccccc2)cc1.[C-]#[O+].[C-]#[O+].[C-]#[O+].[Fe]. The number of aldehydes is 1. The Kier molecular flexibility index (Phi) is 21.2. The number of amides is 1. The minimum absolute atomic E-state index is 0. The van der Waals surface area contributed by atoms with E-state index in [1.165, 1.54) is 0 Å². The Morgan fingerprint density at radius 2 is 1.60 bits per heavy atom. The summed E-state index contributed by atoms with van der Waals surface area (Å²) in [4.78, 5) is 26.9. The van der Waals surface area contributed by atoms with Gasteiger partial charge in [0, 0.05) is 23.6 Å². The van der Waals surface area contributed by atoms with E-state index in [4.69, 9.17) is 18.7 Å². The molecule has 2 aromatic carbocycles. The van der Waals surface area contributed by atoms with Gasteiger partial charge in [0.1, 0.15) is 12.0 Å². The van der Waals surface area contributed by atoms with Crippen LogP contribution in [0.25, 0.3) is 0 Å². The van der Waals surface area contributed by atoms with Gasteiger partial charge < -0.3 is 14.4 Å². The topological polar surface area (TPSA) is 106 Å². The maximum atomic E-state index is 13.3. The first-order valence-electron chi connectivity index (χ1n) is 10.1. The Morgan fingerprint density at radius 1 is 1.00 bits per heavy atom. The van der Waals surface area contributed by atoms with Gasteiger partial charge in [0.25, 0.3) is 0 Å². The fraction of sp³-hybridized carbons (Fsp3) is 0.222. The van der Waals surface area contributed by atoms with Crippen LogP contribution in [0.2, 0.25) is 0 Å². The number of hydrogen-bond acceptors (Lipinski definition) is 3. The monoisotopic (exact) mass is 515 g/mol. The molecule has 0 saturated heterocycles. The number of hydrogen-bond donors (Lipinski definition) is 0. The number of ether oxygens (including phenoxy) is 1. The van der Waals surface area contributed by atoms with Crippen molar-refractivity contribution in [2.24, 2.45) is 0 Å². The molecule has 2 aromatic rings. The molecule has 1 aliphatic carbocycles. The summed E-state index contributed by atoms with van der Waals surface area (Å²) in [7, 11) is 1.62. The first-order valence-corrected chi connectivity index (χ1v) is 10.1. The predicted molar refractivity (Wildman–Crippen MR) is 121 cm³/mol. The maximum absolute atomic E-state index is 13.3. The van der Waals surface area contributed by atoms with Crippen LogP contribution in [0.4, 0.5) is 0 Å². The molecule has 0 bridgehead atoms. The zero-order valence-electron chi connectivity index (χ0n) is 19.2. The van der Waals surface area contributed by atoms with Crippen molar-refractivity contribution in [3.63, 3.8) is 0 Å². The third-order valence-corrected chi connectivity index (χ3v) is 4.91. The van der Waals surface area contributed by atoms with Crippen molar-refractivity contribution in [1.82, 2.24) is 4.90 Å². The number of benzene rings is 2. The van der Waals surface area contributed by atoms with E-state index >= 15 is 0 Å². The zero-order valence-corrected chi connectivity index (χ0v) is 20.3. The average molecular weight is 515 g/mol. The van der Waals surface area contributed by atoms with Gasteiger partial charge in [-0.05, 0) is 61.8 Å². The summed E-state index contributed by atoms with van der Waals surface area (Å²) in [5.41, 5.74) is 1.99. The molecule has 35 heavy (non-hydrogen) atoms. The van der Waals surface area contributed by atoms with E-state index in [0.29, 0.717) is 19.4 Å². The summed E-state index contributed by atoms with van der Waals surface area (Å²) >= 11 is 0. The molecule has 1 saturated carbocycles. The first kappa shape index (κ1) is 34.3. The van der Waals surface area contributed by atoms with Crippen molar-refractivity contribution in [3.05, 3.63) is 111 Å². The number of rotatable bonds is 8. The molecule has 8 heteroatoms. The Labute approximate surface area is 217 Å². The van der Waals surface area contributed by atoms with E-state index in [9.17, 15) is 9.59 Å². The molecule has 4 radical (unpaired) electrons. The number of carbonyl (C=O) groups is 2. The second-order valence-corrected chi connectivity index (χ2v) is 6.83. The Morgan fingerprint density at radius 3 is 2.09 bits per heavy atom. The zero-order chi connectivity index (χ0) is 25.8. The van der Waals surface area contributed by atoms with Crippen molar-refractivity contribution in [3.8, 4) is 5.75 Å². The summed E-state index contributed by atoms with van der Waals surface area (Å²) in [6.45, 7) is 13.9. The maximum Gasteiger partial charge on any atom is 0 e. The molecule has 0 heterocycles. The fourth-order valence-electron chi connectivity index (χ4n) is 3.32. The molecule has 3 rings (SSSR count). The Balaban J connectivity index is 0. The Bertz CT molecular complexity index is 875. The molecule has 1 fully saturated rings. The molecule has 0 spiro atoms. The van der Waals surface area contributed by atoms with Crippen LogP contribution in [0.1, 0.15) is 24.0 Å². The first-order chi connectivity index (χ1) is 16.7. The molecule has 182 valence electrons. The second-order valence-electron chi connectivity index (χ2n) is 6.83. The smallest absolute Gasteiger partial charge is 0 e. The summed E-state index contributed by atoms with van der Waals surface area (Å²) < 4.78 is 27.7. The molecule has 0 N–H and O–H groups in total. The summed E-state index contributed by atoms with van der Waals surface area (Å²) in [5.74, 6) is 1.43. The van der Waals surface area contributed by atoms with E-state index in [2.05, 4.69) is 20.0 Å². The average Bonchev–Trinajstić information content (AvgIpc) is 2.95. The van der Waals surface area contributed by atoms with E-state index in [1.54, 1.807) is 12.0 Å². The molecule has 1 aliphatic rings. The molecule has 0 unspecified atom stereocenters. The van der Waals surface area contributed by atoms with Crippen LogP contribution in [-0.4, -0.2) is 30.2 Å². The van der Waals surface area contributed by atoms with Gasteiger partial charge in [-0.1, -0.05) is 42.5 Å². The van der Waals surface area contributed by atoms with Crippen LogP contribution in [0, 0.1) is 45.1 Å². The molecule has 7 nitrogen and oxygen atoms in total. The third-order valence-electron chi connectivity index (χ3n) is 4.91. The van der Waals surface area contributed by atoms with Gasteiger partial charge in [-0.15, -0.1) is 0 Å². The number of carbonyl (C=O) groups excluding carboxylic acids is 2. The fourth-order valence-corrected chi connectivity index (χ4v) is 3.32. The van der Waals surface area contributed by atoms with E-state index in [-0.39, 0.29) is 23.0 Å². The van der Waals surface area contributed by atoms with Gasteiger partial charge in [-0.2, -0.15) is 0 Å². The summed E-state index contributed by atoms with van der Waals surface area (Å²) in [6.07, 6.45) is 8.74. The summed E-state index contributed by atoms with van der Waals surface area (Å²) in [6, 6.07) is 16.9. The standard InChI is InChI=1S/C24H25NO3.3CO.Fe/c1-28-23-14-12-20(13-15-23)17-25(24(27)21-10-6-3-7-11-21)22(18-26)16-19-8-4-2-5-9-19;3*1-2;/h2-6,8-10,12-15,18,22H,7,11,16-17H2,1H3;;;;/t22-;;;;/m0..../s1. The predicted octanol–water partition coefficient (Wildman–Crippen LogP) is 3.70. The van der Waals surface area contributed by atoms with Gasteiger partial charge >= 0.3 is 33.9 Å². The van der Waals surface area contributed by atoms with Crippen molar-refractivity contribution in [2.75, 3.05) is 7.11 Å². The number of nitrogens with zero attached hydrogens (tertiary/aromatic N) is 1. The van der Waals surface area contributed by atoms with Gasteiger partial charge in [0.15, 0.2) is 0 Å². The van der Waals surface area contributed by atoms with Gasteiger partial charge in [-0.3, -0.25) is 4.79 Å². The van der Waals surface area contributed by atoms with Crippen molar-refractivity contribution < 1.29 is 45.4 Å². The van der Waals surface area contributed by atoms with Crippen LogP contribution in [0.3, 0.4) is 0 Å². The third kappa shape index (κ3) is 11.9. The van der Waals surface area contributed by atoms with Gasteiger partial charge in [-0.25, -0.2) is 0 Å². The largest absolute Gasteiger partial charge is 0 e. The minimum atomic E-state index is -0.524. The molecule has 0 aromatic heterocycles. The molecule has 1 atom stereocenters. The summed E-state index contributed by atoms with van der Waals surface area (Å²) in [5, 5.41) is 0. The normalized spacial score (nSPS) is 12.7. The van der Waals surface area contributed by atoms with Crippen molar-refractivity contribution in [2.45, 2.75) is 31.8 Å². The van der Waals surface area contributed by atoms with Crippen LogP contribution in [-0.2, 0) is 53.6 Å². The van der Waals surface area contributed by atoms with E-state index in [1.807, 2.05) is 73.9 Å². The van der Waals surface area contributed by atoms with Crippen LogP contribution in [0.15, 0.2) is 54.6 Å². The Hall–Kier alpha value is -2.88. The van der Waals surface area contributed by atoms with Gasteiger partial charge in [0.2, 0.25) is 5.91 Å². The van der Waals surface area contributed by atoms with E-state index in [0.717, 1.165) is 35.5 Å². The number of methoxy groups -OCH3 is 1. The van der Waals surface area contributed by atoms with Crippen molar-refractivity contribution >= 4 is 12.2 Å². The van der Waals surface area contributed by atoms with E-state index < -0.39 is 6.04 Å². The van der Waals surface area contributed by atoms with Crippen molar-refractivity contribution in [1.29, 1.82) is 0 Å². The molecule has 1 amide bonds. The molecular weight excluding hydrogens is 490 g/mol. The quantitative estimate of drug-likeness (QED) is 0.232. The molecular formula is C27H25FeNO6. The van der Waals surface area contributed by atoms with Crippen LogP contribution in [0.5, 0.6) is 5.75 Å². The van der Waals surface area contributed by atoms with Crippen LogP contribution >= 0.6 is 0 Å². The minimum Gasteiger partial charge on any atom is 0 e. The second kappa shape index (κ2) is 21.6. The van der Waals surface area contributed by atoms with Crippen LogP contribution < -0.4 is 4.74 Å². The van der Waals surface area contributed by atoms with Gasteiger partial charge in [0.05, 0.1) is 19.1 Å². The molecule has 0 aliphatic heterocycles.